The Bertz CT molecular complexity index is 1870. The maximum atomic E-state index is 13.2. The van der Waals surface area contributed by atoms with Gasteiger partial charge in [-0.25, -0.2) is 0 Å². The molecule has 0 aromatic heterocycles. The van der Waals surface area contributed by atoms with Gasteiger partial charge in [0.2, 0.25) is 57.8 Å². The highest BCUT2D eigenvalue weighted by molar-refractivity contribution is 6.54. The molecule has 0 spiro atoms. The summed E-state index contributed by atoms with van der Waals surface area (Å²) < 4.78 is 0. The third kappa shape index (κ3) is 6.12. The number of Topliss-reactive ketones (excluding diaryl/α,β-unsaturated/α-hetero) is 10. The van der Waals surface area contributed by atoms with E-state index in [0.717, 1.165) is 30.3 Å². The predicted molar refractivity (Wildman–Crippen MR) is 176 cm³/mol. The lowest BCUT2D eigenvalue weighted by molar-refractivity contribution is 0.0809. The van der Waals surface area contributed by atoms with Gasteiger partial charge < -0.3 is 0 Å². The minimum Gasteiger partial charge on any atom is -0.285 e. The molecule has 0 saturated carbocycles. The summed E-state index contributed by atoms with van der Waals surface area (Å²) >= 11 is 0. The van der Waals surface area contributed by atoms with Crippen molar-refractivity contribution in [2.45, 2.75) is 0 Å². The van der Waals surface area contributed by atoms with Crippen LogP contribution in [0.15, 0.2) is 121 Å². The van der Waals surface area contributed by atoms with Crippen LogP contribution in [0.5, 0.6) is 0 Å². The number of hydrogen-bond donors (Lipinski definition) is 0. The van der Waals surface area contributed by atoms with Crippen LogP contribution in [0.1, 0.15) is 104 Å². The molecule has 0 atom stereocenters. The minimum absolute atomic E-state index is 0.236. The molecule has 10 heteroatoms. The zero-order chi connectivity index (χ0) is 35.7. The van der Waals surface area contributed by atoms with Crippen LogP contribution in [0.2, 0.25) is 0 Å². The molecule has 10 bridgehead atoms. The molecule has 240 valence electrons. The van der Waals surface area contributed by atoms with Gasteiger partial charge in [0.1, 0.15) is 0 Å². The van der Waals surface area contributed by atoms with Gasteiger partial charge in [-0.15, -0.1) is 0 Å². The molecule has 0 heterocycles. The topological polar surface area (TPSA) is 171 Å². The zero-order valence-corrected chi connectivity index (χ0v) is 25.6. The van der Waals surface area contributed by atoms with Crippen molar-refractivity contribution in [1.82, 2.24) is 0 Å². The van der Waals surface area contributed by atoms with Gasteiger partial charge in [-0.1, -0.05) is 91.0 Å². The largest absolute Gasteiger partial charge is 0.285 e. The van der Waals surface area contributed by atoms with E-state index in [1.165, 1.54) is 91.0 Å². The van der Waals surface area contributed by atoms with E-state index in [0.29, 0.717) is 0 Å². The smallest absolute Gasteiger partial charge is 0.233 e. The maximum Gasteiger partial charge on any atom is 0.233 e. The highest BCUT2D eigenvalue weighted by atomic mass is 16.2. The average Bonchev–Trinajstić information content (AvgIpc) is 3.17. The van der Waals surface area contributed by atoms with Crippen molar-refractivity contribution in [3.8, 4) is 0 Å². The molecule has 5 aromatic carbocycles. The van der Waals surface area contributed by atoms with E-state index in [1.54, 1.807) is 0 Å². The molecular formula is C40H20O10. The molecule has 1 aliphatic rings. The lowest BCUT2D eigenvalue weighted by Crippen LogP contribution is -2.19. The molecule has 0 aliphatic heterocycles. The van der Waals surface area contributed by atoms with E-state index in [4.69, 9.17) is 0 Å². The molecule has 1 aliphatic carbocycles. The molecule has 0 amide bonds. The Kier molecular flexibility index (Phi) is 8.59. The summed E-state index contributed by atoms with van der Waals surface area (Å²) in [6.07, 6.45) is 0. The van der Waals surface area contributed by atoms with Crippen LogP contribution in [0, 0.1) is 0 Å². The molecule has 5 aromatic rings. The number of carbonyl (C=O) groups is 10. The van der Waals surface area contributed by atoms with Gasteiger partial charge in [-0.2, -0.15) is 0 Å². The molecule has 0 N–H and O–H groups in total. The Labute approximate surface area is 282 Å². The number of fused-ring (bicyclic) bond motifs is 10. The second-order valence-corrected chi connectivity index (χ2v) is 11.2. The first-order chi connectivity index (χ1) is 23.9. The number of hydrogen-bond acceptors (Lipinski definition) is 10. The van der Waals surface area contributed by atoms with E-state index in [9.17, 15) is 47.9 Å². The van der Waals surface area contributed by atoms with Gasteiger partial charge in [0.15, 0.2) is 0 Å². The molecule has 0 unspecified atom stereocenters. The fraction of sp³-hybridized carbons (Fsp3) is 0. The van der Waals surface area contributed by atoms with Crippen molar-refractivity contribution in [2.75, 3.05) is 0 Å². The molecule has 6 rings (SSSR count). The van der Waals surface area contributed by atoms with Gasteiger partial charge in [0.05, 0.1) is 0 Å². The normalized spacial score (nSPS) is 14.4. The third-order valence-corrected chi connectivity index (χ3v) is 7.97. The van der Waals surface area contributed by atoms with Crippen LogP contribution in [0.25, 0.3) is 0 Å². The number of carbonyl (C=O) groups excluding carboxylic acids is 10. The predicted octanol–water partition coefficient (Wildman–Crippen LogP) is 5.33. The van der Waals surface area contributed by atoms with E-state index in [1.807, 2.05) is 0 Å². The summed E-state index contributed by atoms with van der Waals surface area (Å²) in [6.45, 7) is 0. The van der Waals surface area contributed by atoms with E-state index < -0.39 is 57.8 Å². The molecule has 50 heavy (non-hydrogen) atoms. The van der Waals surface area contributed by atoms with Crippen LogP contribution in [0.3, 0.4) is 0 Å². The third-order valence-electron chi connectivity index (χ3n) is 7.97. The molecule has 0 fully saturated rings. The molecule has 10 nitrogen and oxygen atoms in total. The lowest BCUT2D eigenvalue weighted by atomic mass is 9.94. The Morgan fingerprint density at radius 3 is 0.380 bits per heavy atom. The standard InChI is InChI=1S/C40H20O10/c41-31-21-6-1-7-22(16-21)32(42)34(44)24-9-3-11-26(18-24)36(46)38(48)28-13-5-15-30(20-28)40(50)39(49)29-14-4-12-27(19-29)37(47)35(45)25-10-2-8-23(17-25)33(31)43/h1-20H. The monoisotopic (exact) mass is 660 g/mol. The van der Waals surface area contributed by atoms with Gasteiger partial charge in [0, 0.05) is 55.6 Å². The summed E-state index contributed by atoms with van der Waals surface area (Å²) in [5.74, 6) is -10.7. The van der Waals surface area contributed by atoms with Crippen LogP contribution >= 0.6 is 0 Å². The van der Waals surface area contributed by atoms with Crippen molar-refractivity contribution in [3.05, 3.63) is 177 Å². The number of rotatable bonds is 0. The van der Waals surface area contributed by atoms with Crippen molar-refractivity contribution in [3.63, 3.8) is 0 Å². The Balaban J connectivity index is 1.46. The first kappa shape index (κ1) is 32.7. The second-order valence-electron chi connectivity index (χ2n) is 11.2. The van der Waals surface area contributed by atoms with E-state index in [2.05, 4.69) is 0 Å². The van der Waals surface area contributed by atoms with Gasteiger partial charge in [-0.3, -0.25) is 47.9 Å². The minimum atomic E-state index is -1.07. The van der Waals surface area contributed by atoms with Crippen LogP contribution in [0.4, 0.5) is 0 Å². The summed E-state index contributed by atoms with van der Waals surface area (Å²) in [4.78, 5) is 132. The fourth-order valence-corrected chi connectivity index (χ4v) is 5.32. The van der Waals surface area contributed by atoms with Crippen molar-refractivity contribution in [1.29, 1.82) is 0 Å². The zero-order valence-electron chi connectivity index (χ0n) is 25.6. The first-order valence-corrected chi connectivity index (χ1v) is 14.9. The van der Waals surface area contributed by atoms with Gasteiger partial charge in [0.25, 0.3) is 0 Å². The van der Waals surface area contributed by atoms with Gasteiger partial charge in [-0.05, 0) is 30.3 Å². The lowest BCUT2D eigenvalue weighted by Gasteiger charge is -2.07. The Hall–Kier alpha value is -7.20. The second kappa shape index (κ2) is 13.1. The van der Waals surface area contributed by atoms with Crippen molar-refractivity contribution >= 4 is 57.8 Å². The summed E-state index contributed by atoms with van der Waals surface area (Å²) in [6, 6.07) is 24.3. The van der Waals surface area contributed by atoms with Crippen LogP contribution in [-0.2, 0) is 0 Å². The SMILES string of the molecule is O=C1C(=O)c2cccc(c2)C(=O)C(=O)c2cccc(c2)C(=O)C(=O)c2cccc(c2)C(=O)C(=O)c2cccc(c2)C(=O)C(=O)c2cccc1c2. The quantitative estimate of drug-likeness (QED) is 0.198. The summed E-state index contributed by atoms with van der Waals surface area (Å²) in [5.41, 5.74) is -2.36. The van der Waals surface area contributed by atoms with E-state index in [-0.39, 0.29) is 55.6 Å². The highest BCUT2D eigenvalue weighted by Crippen LogP contribution is 2.19. The number of ketones is 10. The first-order valence-electron chi connectivity index (χ1n) is 14.9. The Morgan fingerprint density at radius 1 is 0.180 bits per heavy atom. The van der Waals surface area contributed by atoms with Gasteiger partial charge >= 0.3 is 0 Å². The van der Waals surface area contributed by atoms with Crippen molar-refractivity contribution < 1.29 is 47.9 Å². The molecular weight excluding hydrogens is 640 g/mol. The number of benzene rings is 5. The summed E-state index contributed by atoms with van der Waals surface area (Å²) in [7, 11) is 0. The van der Waals surface area contributed by atoms with Crippen LogP contribution in [-0.4, -0.2) is 57.8 Å². The fourth-order valence-electron chi connectivity index (χ4n) is 5.32. The Morgan fingerprint density at radius 2 is 0.280 bits per heavy atom. The van der Waals surface area contributed by atoms with E-state index >= 15 is 0 Å². The molecule has 0 radical (unpaired) electrons. The van der Waals surface area contributed by atoms with Crippen LogP contribution < -0.4 is 0 Å². The average molecular weight is 661 g/mol. The van der Waals surface area contributed by atoms with Crippen molar-refractivity contribution in [2.24, 2.45) is 0 Å². The summed E-state index contributed by atoms with van der Waals surface area (Å²) in [5, 5.41) is 0. The maximum absolute atomic E-state index is 13.2. The molecule has 0 saturated heterocycles. The highest BCUT2D eigenvalue weighted by Gasteiger charge is 2.28.